The molecule has 46 heavy (non-hydrogen) atoms. The van der Waals surface area contributed by atoms with Crippen molar-refractivity contribution in [2.75, 3.05) is 13.7 Å². The molecule has 12 unspecified atom stereocenters. The largest absolute Gasteiger partial charge is 0.393 e. The predicted molar refractivity (Wildman–Crippen MR) is 185 cm³/mol. The molecule has 0 aliphatic heterocycles. The maximum Gasteiger partial charge on any atom is 0.392 e. The molecule has 0 heterocycles. The van der Waals surface area contributed by atoms with Crippen LogP contribution in [0.3, 0.4) is 0 Å². The summed E-state index contributed by atoms with van der Waals surface area (Å²) in [5.41, 5.74) is 0.657. The zero-order valence-electron chi connectivity index (χ0n) is 31.0. The summed E-state index contributed by atoms with van der Waals surface area (Å²) >= 11 is 0. The second kappa shape index (κ2) is 16.6. The van der Waals surface area contributed by atoms with Crippen molar-refractivity contribution in [1.82, 2.24) is 0 Å². The van der Waals surface area contributed by atoms with E-state index in [1.54, 1.807) is 7.11 Å². The number of hydrogen-bond donors (Lipinski definition) is 1. The number of aliphatic hydroxyl groups is 1. The van der Waals surface area contributed by atoms with Crippen LogP contribution in [0.25, 0.3) is 0 Å². The van der Waals surface area contributed by atoms with Crippen molar-refractivity contribution in [3.63, 3.8) is 0 Å². The molecule has 5 heteroatoms. The summed E-state index contributed by atoms with van der Waals surface area (Å²) in [7, 11) is 1.76. The highest BCUT2D eigenvalue weighted by molar-refractivity contribution is 5.02. The third-order valence-electron chi connectivity index (χ3n) is 15.2. The Bertz CT molecular complexity index is 903. The Morgan fingerprint density at radius 3 is 2.35 bits per heavy atom. The van der Waals surface area contributed by atoms with Gasteiger partial charge in [-0.25, -0.2) is 0 Å². The van der Waals surface area contributed by atoms with Gasteiger partial charge in [0.05, 0.1) is 12.0 Å². The van der Waals surface area contributed by atoms with Crippen LogP contribution in [0.4, 0.5) is 13.2 Å². The van der Waals surface area contributed by atoms with Gasteiger partial charge < -0.3 is 9.84 Å². The van der Waals surface area contributed by atoms with Crippen LogP contribution in [0.1, 0.15) is 164 Å². The van der Waals surface area contributed by atoms with E-state index in [0.717, 1.165) is 76.2 Å². The fourth-order valence-electron chi connectivity index (χ4n) is 11.9. The van der Waals surface area contributed by atoms with E-state index in [-0.39, 0.29) is 35.5 Å². The average Bonchev–Trinajstić information content (AvgIpc) is 3.37. The van der Waals surface area contributed by atoms with Crippen molar-refractivity contribution in [2.24, 2.45) is 70.0 Å². The van der Waals surface area contributed by atoms with Crippen LogP contribution >= 0.6 is 0 Å². The quantitative estimate of drug-likeness (QED) is 0.178. The summed E-state index contributed by atoms with van der Waals surface area (Å²) in [6.45, 7) is 14.8. The fraction of sp³-hybridized carbons (Fsp3) is 1.00. The van der Waals surface area contributed by atoms with Crippen molar-refractivity contribution in [1.29, 1.82) is 0 Å². The lowest BCUT2D eigenvalue weighted by Crippen LogP contribution is -2.44. The molecule has 4 rings (SSSR count). The zero-order chi connectivity index (χ0) is 33.7. The van der Waals surface area contributed by atoms with Crippen LogP contribution in [0.5, 0.6) is 0 Å². The fourth-order valence-corrected chi connectivity index (χ4v) is 11.9. The molecular weight excluding hydrogens is 581 g/mol. The molecule has 1 N–H and O–H groups in total. The summed E-state index contributed by atoms with van der Waals surface area (Å²) in [5, 5.41) is 11.8. The topological polar surface area (TPSA) is 29.5 Å². The summed E-state index contributed by atoms with van der Waals surface area (Å²) < 4.78 is 49.0. The van der Waals surface area contributed by atoms with E-state index >= 15 is 0 Å². The molecule has 0 aromatic carbocycles. The normalized spacial score (nSPS) is 37.9. The van der Waals surface area contributed by atoms with Gasteiger partial charge in [-0.1, -0.05) is 86.5 Å². The number of rotatable bonds is 15. The number of alkyl halides is 3. The predicted octanol–water partition coefficient (Wildman–Crippen LogP) is 12.3. The highest BCUT2D eigenvalue weighted by Crippen LogP contribution is 2.61. The van der Waals surface area contributed by atoms with Gasteiger partial charge in [0.1, 0.15) is 0 Å². The molecule has 4 saturated carbocycles. The monoisotopic (exact) mass is 655 g/mol. The maximum atomic E-state index is 14.6. The van der Waals surface area contributed by atoms with Gasteiger partial charge in [-0.2, -0.15) is 13.2 Å². The molecule has 0 radical (unpaired) electrons. The van der Waals surface area contributed by atoms with Crippen LogP contribution in [-0.4, -0.2) is 31.1 Å². The molecular formula is C41H73F3O2. The number of hydrogen-bond acceptors (Lipinski definition) is 2. The molecule has 0 aromatic heterocycles. The zero-order valence-corrected chi connectivity index (χ0v) is 31.0. The minimum absolute atomic E-state index is 0.0297. The molecule has 4 fully saturated rings. The van der Waals surface area contributed by atoms with Gasteiger partial charge in [-0.05, 0) is 141 Å². The maximum absolute atomic E-state index is 14.6. The molecule has 0 bridgehead atoms. The number of halogens is 3. The van der Waals surface area contributed by atoms with Crippen LogP contribution < -0.4 is 0 Å². The smallest absolute Gasteiger partial charge is 0.392 e. The Morgan fingerprint density at radius 2 is 1.65 bits per heavy atom. The first-order chi connectivity index (χ1) is 21.7. The molecule has 4 aliphatic carbocycles. The van der Waals surface area contributed by atoms with E-state index in [1.165, 1.54) is 44.9 Å². The Hall–Kier alpha value is -0.290. The molecule has 12 atom stereocenters. The van der Waals surface area contributed by atoms with Gasteiger partial charge in [-0.3, -0.25) is 0 Å². The number of methoxy groups -OCH3 is 1. The molecule has 4 aliphatic rings. The van der Waals surface area contributed by atoms with Crippen molar-refractivity contribution in [3.8, 4) is 0 Å². The minimum atomic E-state index is -4.15. The molecule has 270 valence electrons. The first-order valence-electron chi connectivity index (χ1n) is 20.0. The molecule has 0 spiro atoms. The Balaban J connectivity index is 1.32. The van der Waals surface area contributed by atoms with Gasteiger partial charge in [0.25, 0.3) is 0 Å². The lowest BCUT2D eigenvalue weighted by atomic mass is 9.57. The van der Waals surface area contributed by atoms with Gasteiger partial charge in [0.15, 0.2) is 0 Å². The first-order valence-corrected chi connectivity index (χ1v) is 20.0. The lowest BCUT2D eigenvalue weighted by molar-refractivity contribution is -0.205. The third kappa shape index (κ3) is 9.08. The Kier molecular flexibility index (Phi) is 13.9. The van der Waals surface area contributed by atoms with E-state index in [2.05, 4.69) is 41.5 Å². The lowest BCUT2D eigenvalue weighted by Gasteiger charge is -2.49. The molecule has 2 nitrogen and oxygen atoms in total. The first kappa shape index (κ1) is 38.5. The number of unbranched alkanes of at least 4 members (excludes halogenated alkanes) is 1. The van der Waals surface area contributed by atoms with Crippen LogP contribution in [0.15, 0.2) is 0 Å². The molecule has 0 aromatic rings. The van der Waals surface area contributed by atoms with Gasteiger partial charge in [-0.15, -0.1) is 0 Å². The molecule has 0 saturated heterocycles. The van der Waals surface area contributed by atoms with Gasteiger partial charge in [0, 0.05) is 13.7 Å². The minimum Gasteiger partial charge on any atom is -0.393 e. The van der Waals surface area contributed by atoms with E-state index in [0.29, 0.717) is 36.0 Å². The number of ether oxygens (including phenoxy) is 1. The van der Waals surface area contributed by atoms with Crippen LogP contribution in [0.2, 0.25) is 0 Å². The summed E-state index contributed by atoms with van der Waals surface area (Å²) in [6, 6.07) is 0. The standard InChI is InChI=1S/C41H73F3O2/c1-8-13-33(39(4,5)24-25-46-7)15-10-9-14-30-19-20-31(27-37(30)41(42,43)44)29(3)38(45)32-18-17-28(2)35(26-32)36-22-21-34-16-11-12-23-40(34,36)6/h28-38,45H,8-27H2,1-7H3. The van der Waals surface area contributed by atoms with Crippen molar-refractivity contribution in [3.05, 3.63) is 0 Å². The van der Waals surface area contributed by atoms with Crippen LogP contribution in [0, 0.1) is 70.0 Å². The van der Waals surface area contributed by atoms with E-state index < -0.39 is 18.2 Å². The summed E-state index contributed by atoms with van der Waals surface area (Å²) in [4.78, 5) is 0. The second-order valence-electron chi connectivity index (χ2n) is 18.2. The average molecular weight is 655 g/mol. The Labute approximate surface area is 282 Å². The third-order valence-corrected chi connectivity index (χ3v) is 15.2. The highest BCUT2D eigenvalue weighted by atomic mass is 19.4. The Morgan fingerprint density at radius 1 is 0.913 bits per heavy atom. The summed E-state index contributed by atoms with van der Waals surface area (Å²) in [5.74, 6) is 2.26. The van der Waals surface area contributed by atoms with E-state index in [1.807, 2.05) is 0 Å². The number of fused-ring (bicyclic) bond motifs is 1. The van der Waals surface area contributed by atoms with Gasteiger partial charge in [0.2, 0.25) is 0 Å². The van der Waals surface area contributed by atoms with Crippen molar-refractivity contribution in [2.45, 2.75) is 176 Å². The number of aliphatic hydroxyl groups excluding tert-OH is 1. The summed E-state index contributed by atoms with van der Waals surface area (Å²) in [6.07, 6.45) is 15.6. The van der Waals surface area contributed by atoms with Crippen molar-refractivity contribution < 1.29 is 23.0 Å². The highest BCUT2D eigenvalue weighted by Gasteiger charge is 2.53. The van der Waals surface area contributed by atoms with E-state index in [9.17, 15) is 18.3 Å². The van der Waals surface area contributed by atoms with Crippen LogP contribution in [-0.2, 0) is 4.74 Å². The SMILES string of the molecule is CCCC(CCCCC1CCC(C(C)C(O)C2CCC(C)C(C3CCC4CCCCC43C)C2)CC1C(F)(F)F)C(C)(C)CCOC. The second-order valence-corrected chi connectivity index (χ2v) is 18.2. The van der Waals surface area contributed by atoms with Gasteiger partial charge >= 0.3 is 6.18 Å². The molecule has 0 amide bonds. The van der Waals surface area contributed by atoms with E-state index in [4.69, 9.17) is 4.74 Å². The van der Waals surface area contributed by atoms with Crippen molar-refractivity contribution >= 4 is 0 Å².